The molecule has 0 aromatic heterocycles. The summed E-state index contributed by atoms with van der Waals surface area (Å²) in [4.78, 5) is 72.0. The zero-order chi connectivity index (χ0) is 50.8. The van der Waals surface area contributed by atoms with E-state index in [1.54, 1.807) is 0 Å². The number of thioether (sulfide) groups is 1. The Hall–Kier alpha value is -2.39. The molecule has 0 radical (unpaired) electrons. The van der Waals surface area contributed by atoms with Gasteiger partial charge in [-0.3, -0.25) is 28.2 Å². The second-order valence-corrected chi connectivity index (χ2v) is 22.5. The molecule has 5 atom stereocenters. The van der Waals surface area contributed by atoms with Gasteiger partial charge in [0.1, 0.15) is 6.61 Å². The van der Waals surface area contributed by atoms with Gasteiger partial charge in [-0.15, -0.1) is 0 Å². The largest absolute Gasteiger partial charge is 0.472 e. The first-order chi connectivity index (χ1) is 34.0. The second kappa shape index (κ2) is 43.1. The summed E-state index contributed by atoms with van der Waals surface area (Å²) in [5.41, 5.74) is 0. The molecular weight excluding hydrogens is 932 g/mol. The highest BCUT2D eigenvalue weighted by atomic mass is 32.2. The third-order valence-corrected chi connectivity index (χ3v) is 15.8. The standard InChI is InChI=1S/C53H99N4O11PS/c1-3-5-7-9-11-13-15-17-19-21-23-25-27-29-31-37-50(60)65-42-45(68-51(61)38-32-30-28-26-24-22-20-18-16-14-12-10-8-6-4-2)43-67-69(63,64)66-40-39-54-49(59)41-55-48(58)36-34-33-35-47-52-46(44-70-47)56-53(62)57-52/h45-47,52H,3-44H2,1-2H3,(H,54,59)(H,55,58)(H,63,64)(H2,56,57,62)/t45-,46+,47+,52+/m1/s1. The number of carbonyl (C=O) groups excluding carboxylic acids is 5. The number of fused-ring (bicyclic) bond motifs is 1. The molecule has 17 heteroatoms. The van der Waals surface area contributed by atoms with Crippen LogP contribution in [0.5, 0.6) is 0 Å². The first-order valence-corrected chi connectivity index (χ1v) is 30.8. The first kappa shape index (κ1) is 63.7. The molecule has 0 saturated carbocycles. The van der Waals surface area contributed by atoms with E-state index in [-0.39, 0.29) is 69.6 Å². The molecule has 0 aliphatic carbocycles. The summed E-state index contributed by atoms with van der Waals surface area (Å²) in [7, 11) is -4.64. The Morgan fingerprint density at radius 3 is 1.59 bits per heavy atom. The Kier molecular flexibility index (Phi) is 39.2. The highest BCUT2D eigenvalue weighted by Crippen LogP contribution is 2.43. The Bertz CT molecular complexity index is 1430. The van der Waals surface area contributed by atoms with E-state index in [0.717, 1.165) is 57.1 Å². The van der Waals surface area contributed by atoms with Crippen LogP contribution < -0.4 is 21.3 Å². The predicted molar refractivity (Wildman–Crippen MR) is 282 cm³/mol. The molecule has 15 nitrogen and oxygen atoms in total. The summed E-state index contributed by atoms with van der Waals surface area (Å²) in [6, 6.07) is 0.165. The van der Waals surface area contributed by atoms with E-state index in [2.05, 4.69) is 35.1 Å². The molecular formula is C53H99N4O11PS. The maximum Gasteiger partial charge on any atom is 0.472 e. The quantitative estimate of drug-likeness (QED) is 0.0167. The number of amides is 4. The number of hydrogen-bond acceptors (Lipinski definition) is 11. The molecule has 0 spiro atoms. The first-order valence-electron chi connectivity index (χ1n) is 28.2. The lowest BCUT2D eigenvalue weighted by molar-refractivity contribution is -0.161. The Morgan fingerprint density at radius 1 is 0.600 bits per heavy atom. The molecule has 5 N–H and O–H groups in total. The van der Waals surface area contributed by atoms with Crippen LogP contribution in [-0.4, -0.2) is 96.8 Å². The van der Waals surface area contributed by atoms with Gasteiger partial charge in [-0.2, -0.15) is 11.8 Å². The van der Waals surface area contributed by atoms with Gasteiger partial charge in [0.25, 0.3) is 0 Å². The molecule has 0 aromatic carbocycles. The molecule has 4 amide bonds. The van der Waals surface area contributed by atoms with Crippen molar-refractivity contribution in [2.75, 3.05) is 38.7 Å². The number of esters is 2. The van der Waals surface area contributed by atoms with Gasteiger partial charge < -0.3 is 35.6 Å². The maximum atomic E-state index is 12.9. The number of hydrogen-bond donors (Lipinski definition) is 5. The van der Waals surface area contributed by atoms with Crippen molar-refractivity contribution >= 4 is 49.4 Å². The maximum absolute atomic E-state index is 12.9. The van der Waals surface area contributed by atoms with E-state index in [1.165, 1.54) is 141 Å². The fourth-order valence-electron chi connectivity index (χ4n) is 9.07. The number of ether oxygens (including phenoxy) is 2. The Morgan fingerprint density at radius 2 is 1.07 bits per heavy atom. The van der Waals surface area contributed by atoms with Crippen molar-refractivity contribution in [3.05, 3.63) is 0 Å². The minimum absolute atomic E-state index is 0.121. The zero-order valence-corrected chi connectivity index (χ0v) is 45.6. The van der Waals surface area contributed by atoms with Crippen molar-refractivity contribution in [2.45, 2.75) is 268 Å². The van der Waals surface area contributed by atoms with Crippen molar-refractivity contribution in [3.8, 4) is 0 Å². The van der Waals surface area contributed by atoms with Crippen LogP contribution in [0.4, 0.5) is 4.79 Å². The van der Waals surface area contributed by atoms with Crippen LogP contribution >= 0.6 is 19.6 Å². The van der Waals surface area contributed by atoms with Crippen molar-refractivity contribution in [2.24, 2.45) is 0 Å². The minimum atomic E-state index is -4.64. The number of nitrogens with one attached hydrogen (secondary N) is 4. The van der Waals surface area contributed by atoms with Crippen molar-refractivity contribution < 1.29 is 52.0 Å². The van der Waals surface area contributed by atoms with Gasteiger partial charge in [0.15, 0.2) is 6.10 Å². The molecule has 2 aliphatic rings. The molecule has 0 aromatic rings. The third-order valence-electron chi connectivity index (χ3n) is 13.3. The predicted octanol–water partition coefficient (Wildman–Crippen LogP) is 12.1. The van der Waals surface area contributed by atoms with E-state index in [1.807, 2.05) is 11.8 Å². The smallest absolute Gasteiger partial charge is 0.462 e. The van der Waals surface area contributed by atoms with Crippen LogP contribution in [0.15, 0.2) is 0 Å². The summed E-state index contributed by atoms with van der Waals surface area (Å²) < 4.78 is 34.0. The lowest BCUT2D eigenvalue weighted by Crippen LogP contribution is -2.38. The van der Waals surface area contributed by atoms with Gasteiger partial charge >= 0.3 is 25.8 Å². The van der Waals surface area contributed by atoms with E-state index < -0.39 is 38.4 Å². The van der Waals surface area contributed by atoms with Gasteiger partial charge in [0.05, 0.1) is 31.8 Å². The number of rotatable bonds is 49. The minimum Gasteiger partial charge on any atom is -0.462 e. The van der Waals surface area contributed by atoms with Crippen LogP contribution in [-0.2, 0) is 42.3 Å². The third kappa shape index (κ3) is 35.7. The molecule has 408 valence electrons. The number of carbonyl (C=O) groups is 5. The normalized spacial score (nSPS) is 17.6. The summed E-state index contributed by atoms with van der Waals surface area (Å²) in [5, 5.41) is 11.3. The van der Waals surface area contributed by atoms with Crippen LogP contribution in [0, 0.1) is 0 Å². The van der Waals surface area contributed by atoms with Crippen molar-refractivity contribution in [3.63, 3.8) is 0 Å². The summed E-state index contributed by atoms with van der Waals surface area (Å²) >= 11 is 1.83. The number of phosphoric ester groups is 1. The molecule has 2 heterocycles. The van der Waals surface area contributed by atoms with E-state index in [4.69, 9.17) is 18.5 Å². The lowest BCUT2D eigenvalue weighted by Gasteiger charge is -2.20. The number of urea groups is 1. The summed E-state index contributed by atoms with van der Waals surface area (Å²) in [6.45, 7) is 2.92. The molecule has 0 bridgehead atoms. The second-order valence-electron chi connectivity index (χ2n) is 19.8. The summed E-state index contributed by atoms with van der Waals surface area (Å²) in [5.74, 6) is -0.787. The lowest BCUT2D eigenvalue weighted by atomic mass is 10.0. The Labute approximate surface area is 428 Å². The van der Waals surface area contributed by atoms with Crippen LogP contribution in [0.25, 0.3) is 0 Å². The van der Waals surface area contributed by atoms with Gasteiger partial charge in [-0.25, -0.2) is 9.36 Å². The van der Waals surface area contributed by atoms with Crippen LogP contribution in [0.1, 0.15) is 245 Å². The fourth-order valence-corrected chi connectivity index (χ4v) is 11.4. The van der Waals surface area contributed by atoms with Crippen LogP contribution in [0.2, 0.25) is 0 Å². The monoisotopic (exact) mass is 1030 g/mol. The molecule has 1 unspecified atom stereocenters. The van der Waals surface area contributed by atoms with Crippen molar-refractivity contribution in [1.29, 1.82) is 0 Å². The topological polar surface area (TPSA) is 208 Å². The molecule has 2 aliphatic heterocycles. The van der Waals surface area contributed by atoms with E-state index in [9.17, 15) is 33.4 Å². The molecule has 2 saturated heterocycles. The number of unbranched alkanes of at least 4 members (excludes halogenated alkanes) is 29. The molecule has 2 fully saturated rings. The van der Waals surface area contributed by atoms with Gasteiger partial charge in [0, 0.05) is 36.8 Å². The molecule has 70 heavy (non-hydrogen) atoms. The fraction of sp³-hybridized carbons (Fsp3) is 0.906. The SMILES string of the molecule is CCCCCCCCCCCCCCCCCC(=O)OC[C@H](COP(=O)(O)OCCNC(=O)CNC(=O)CCCC[C@@H]1SC[C@@H]2NC(=O)N[C@@H]21)OC(=O)CCCCCCCCCCCCCCCCC. The average Bonchev–Trinajstić information content (AvgIpc) is 3.90. The van der Waals surface area contributed by atoms with E-state index in [0.29, 0.717) is 24.5 Å². The summed E-state index contributed by atoms with van der Waals surface area (Å²) in [6.07, 6.45) is 38.5. The van der Waals surface area contributed by atoms with Gasteiger partial charge in [0.2, 0.25) is 11.8 Å². The van der Waals surface area contributed by atoms with E-state index >= 15 is 0 Å². The highest BCUT2D eigenvalue weighted by Gasteiger charge is 2.42. The highest BCUT2D eigenvalue weighted by molar-refractivity contribution is 8.00. The number of phosphoric acid groups is 1. The zero-order valence-electron chi connectivity index (χ0n) is 43.9. The van der Waals surface area contributed by atoms with Crippen LogP contribution in [0.3, 0.4) is 0 Å². The Balaban J connectivity index is 1.63. The molecule has 2 rings (SSSR count). The van der Waals surface area contributed by atoms with Gasteiger partial charge in [-0.1, -0.05) is 200 Å². The van der Waals surface area contributed by atoms with Gasteiger partial charge in [-0.05, 0) is 25.7 Å². The average molecular weight is 1030 g/mol. The van der Waals surface area contributed by atoms with Crippen molar-refractivity contribution in [1.82, 2.24) is 21.3 Å².